The molecule has 0 aliphatic carbocycles. The summed E-state index contributed by atoms with van der Waals surface area (Å²) in [5, 5.41) is 15.9. The molecule has 3 heterocycles. The van der Waals surface area contributed by atoms with Crippen LogP contribution in [0.15, 0.2) is 77.3 Å². The number of hydrogen-bond donors (Lipinski definition) is 1. The normalized spacial score (nSPS) is 15.1. The first kappa shape index (κ1) is 28.2. The number of thiazole rings is 1. The van der Waals surface area contributed by atoms with E-state index in [2.05, 4.69) is 27.1 Å². The van der Waals surface area contributed by atoms with Gasteiger partial charge in [0.05, 0.1) is 31.0 Å². The van der Waals surface area contributed by atoms with Crippen molar-refractivity contribution in [1.82, 2.24) is 19.9 Å². The third-order valence-electron chi connectivity index (χ3n) is 7.38. The average molecular weight is 587 g/mol. The van der Waals surface area contributed by atoms with Gasteiger partial charge in [0, 0.05) is 62.0 Å². The predicted molar refractivity (Wildman–Crippen MR) is 163 cm³/mol. The van der Waals surface area contributed by atoms with Crippen molar-refractivity contribution in [1.29, 1.82) is 0 Å². The Morgan fingerprint density at radius 1 is 0.905 bits per heavy atom. The minimum atomic E-state index is -0.584. The first-order chi connectivity index (χ1) is 20.6. The molecule has 1 N–H and O–H groups in total. The Labute approximate surface area is 248 Å². The molecular weight excluding hydrogens is 552 g/mol. The summed E-state index contributed by atoms with van der Waals surface area (Å²) in [5.41, 5.74) is 3.61. The Morgan fingerprint density at radius 3 is 2.48 bits per heavy atom. The van der Waals surface area contributed by atoms with Gasteiger partial charge in [0.15, 0.2) is 5.76 Å². The van der Waals surface area contributed by atoms with Gasteiger partial charge in [-0.1, -0.05) is 35.5 Å². The van der Waals surface area contributed by atoms with Crippen LogP contribution < -0.4 is 14.2 Å². The molecule has 3 aromatic carbocycles. The molecule has 10 heteroatoms. The fraction of sp³-hybridized carbons (Fsp3) is 0.312. The van der Waals surface area contributed by atoms with E-state index >= 15 is 0 Å². The second kappa shape index (κ2) is 12.9. The van der Waals surface area contributed by atoms with Crippen LogP contribution in [-0.4, -0.2) is 84.7 Å². The van der Waals surface area contributed by atoms with Crippen molar-refractivity contribution in [2.45, 2.75) is 12.6 Å². The third-order valence-corrected chi connectivity index (χ3v) is 8.46. The SMILES string of the molecule is COc1ccc(-c2cc(CN3CCN(C[C@H](O)COc4ccc5sc(-c6ccccc6)nc5c4)CC3)on2)c(OC)c1. The zero-order valence-electron chi connectivity index (χ0n) is 23.7. The molecule has 0 saturated carbocycles. The van der Waals surface area contributed by atoms with Gasteiger partial charge in [-0.25, -0.2) is 4.98 Å². The molecule has 218 valence electrons. The van der Waals surface area contributed by atoms with Crippen LogP contribution in [0.3, 0.4) is 0 Å². The van der Waals surface area contributed by atoms with Crippen LogP contribution >= 0.6 is 11.3 Å². The lowest BCUT2D eigenvalue weighted by Gasteiger charge is -2.35. The summed E-state index contributed by atoms with van der Waals surface area (Å²) < 4.78 is 23.5. The predicted octanol–water partition coefficient (Wildman–Crippen LogP) is 5.19. The number of ether oxygens (including phenoxy) is 3. The van der Waals surface area contributed by atoms with Gasteiger partial charge < -0.3 is 23.8 Å². The number of benzene rings is 3. The molecule has 0 radical (unpaired) electrons. The van der Waals surface area contributed by atoms with Crippen LogP contribution in [0.4, 0.5) is 0 Å². The van der Waals surface area contributed by atoms with E-state index in [9.17, 15) is 5.11 Å². The fourth-order valence-corrected chi connectivity index (χ4v) is 6.07. The summed E-state index contributed by atoms with van der Waals surface area (Å²) in [6, 6.07) is 23.7. The van der Waals surface area contributed by atoms with Gasteiger partial charge in [0.1, 0.15) is 40.7 Å². The molecule has 0 spiro atoms. The standard InChI is InChI=1S/C32H34N4O5S/c1-38-24-8-10-27(30(18-24)39-2)28-17-26(41-34-28)20-36-14-12-35(13-15-36)19-23(37)21-40-25-9-11-31-29(16-25)33-32(42-31)22-6-4-3-5-7-22/h3-11,16-18,23,37H,12-15,19-21H2,1-2H3/t23-/m0/s1. The Bertz CT molecular complexity index is 1610. The maximum atomic E-state index is 10.7. The van der Waals surface area contributed by atoms with Crippen LogP contribution in [0.5, 0.6) is 17.2 Å². The number of rotatable bonds is 11. The molecular formula is C32H34N4O5S. The average Bonchev–Trinajstić information content (AvgIpc) is 3.68. The summed E-state index contributed by atoms with van der Waals surface area (Å²) in [4.78, 5) is 9.38. The molecule has 1 aliphatic rings. The third kappa shape index (κ3) is 6.57. The number of β-amino-alcohol motifs (C(OH)–C–C–N with tert-alkyl or cyclic N) is 1. The highest BCUT2D eigenvalue weighted by molar-refractivity contribution is 7.21. The van der Waals surface area contributed by atoms with E-state index in [1.165, 1.54) is 0 Å². The van der Waals surface area contributed by atoms with E-state index in [4.69, 9.17) is 23.7 Å². The number of nitrogens with zero attached hydrogens (tertiary/aromatic N) is 4. The van der Waals surface area contributed by atoms with Crippen molar-refractivity contribution in [3.63, 3.8) is 0 Å². The quantitative estimate of drug-likeness (QED) is 0.224. The Balaban J connectivity index is 0.963. The first-order valence-electron chi connectivity index (χ1n) is 14.0. The molecule has 1 saturated heterocycles. The van der Waals surface area contributed by atoms with E-state index < -0.39 is 6.10 Å². The number of methoxy groups -OCH3 is 2. The highest BCUT2D eigenvalue weighted by Crippen LogP contribution is 2.34. The van der Waals surface area contributed by atoms with Gasteiger partial charge in [0.2, 0.25) is 0 Å². The number of fused-ring (bicyclic) bond motifs is 1. The lowest BCUT2D eigenvalue weighted by atomic mass is 10.1. The van der Waals surface area contributed by atoms with Crippen molar-refractivity contribution in [3.8, 4) is 39.1 Å². The van der Waals surface area contributed by atoms with Crippen LogP contribution in [0.2, 0.25) is 0 Å². The fourth-order valence-electron chi connectivity index (χ4n) is 5.12. The van der Waals surface area contributed by atoms with Crippen LogP contribution in [0, 0.1) is 0 Å². The topological polar surface area (TPSA) is 93.3 Å². The molecule has 0 unspecified atom stereocenters. The first-order valence-corrected chi connectivity index (χ1v) is 14.8. The molecule has 1 atom stereocenters. The zero-order valence-corrected chi connectivity index (χ0v) is 24.5. The summed E-state index contributed by atoms with van der Waals surface area (Å²) in [7, 11) is 3.26. The smallest absolute Gasteiger partial charge is 0.151 e. The van der Waals surface area contributed by atoms with E-state index in [1.54, 1.807) is 25.6 Å². The van der Waals surface area contributed by atoms with E-state index in [0.29, 0.717) is 18.8 Å². The maximum absolute atomic E-state index is 10.7. The lowest BCUT2D eigenvalue weighted by Crippen LogP contribution is -2.48. The Kier molecular flexibility index (Phi) is 8.66. The van der Waals surface area contributed by atoms with Crippen LogP contribution in [0.1, 0.15) is 5.76 Å². The molecule has 42 heavy (non-hydrogen) atoms. The molecule has 0 amide bonds. The van der Waals surface area contributed by atoms with E-state index in [0.717, 1.165) is 75.5 Å². The monoisotopic (exact) mass is 586 g/mol. The largest absolute Gasteiger partial charge is 0.497 e. The summed E-state index contributed by atoms with van der Waals surface area (Å²) >= 11 is 1.66. The number of aromatic nitrogens is 2. The number of aliphatic hydroxyl groups is 1. The Hall–Kier alpha value is -3.96. The second-order valence-electron chi connectivity index (χ2n) is 10.3. The molecule has 6 rings (SSSR count). The molecule has 1 aliphatic heterocycles. The number of hydrogen-bond acceptors (Lipinski definition) is 10. The molecule has 5 aromatic rings. The Morgan fingerprint density at radius 2 is 1.69 bits per heavy atom. The zero-order chi connectivity index (χ0) is 28.9. The maximum Gasteiger partial charge on any atom is 0.151 e. The van der Waals surface area contributed by atoms with Crippen LogP contribution in [-0.2, 0) is 6.54 Å². The van der Waals surface area contributed by atoms with Gasteiger partial charge >= 0.3 is 0 Å². The van der Waals surface area contributed by atoms with Gasteiger partial charge in [0.25, 0.3) is 0 Å². The summed E-state index contributed by atoms with van der Waals surface area (Å²) in [6.45, 7) is 4.94. The summed E-state index contributed by atoms with van der Waals surface area (Å²) in [6.07, 6.45) is -0.584. The second-order valence-corrected chi connectivity index (χ2v) is 11.3. The lowest BCUT2D eigenvalue weighted by molar-refractivity contribution is 0.0430. The van der Waals surface area contributed by atoms with Gasteiger partial charge in [-0.05, 0) is 24.3 Å². The number of piperazine rings is 1. The minimum Gasteiger partial charge on any atom is -0.497 e. The van der Waals surface area contributed by atoms with Crippen molar-refractivity contribution in [2.75, 3.05) is 53.6 Å². The van der Waals surface area contributed by atoms with Gasteiger partial charge in [-0.2, -0.15) is 0 Å². The van der Waals surface area contributed by atoms with E-state index in [1.807, 2.05) is 60.7 Å². The minimum absolute atomic E-state index is 0.233. The van der Waals surface area contributed by atoms with Gasteiger partial charge in [-0.15, -0.1) is 11.3 Å². The van der Waals surface area contributed by atoms with Crippen molar-refractivity contribution in [2.24, 2.45) is 0 Å². The highest BCUT2D eigenvalue weighted by atomic mass is 32.1. The summed E-state index contributed by atoms with van der Waals surface area (Å²) in [5.74, 6) is 2.93. The van der Waals surface area contributed by atoms with Gasteiger partial charge in [-0.3, -0.25) is 9.80 Å². The highest BCUT2D eigenvalue weighted by Gasteiger charge is 2.22. The number of aliphatic hydroxyl groups excluding tert-OH is 1. The molecule has 2 aromatic heterocycles. The van der Waals surface area contributed by atoms with E-state index in [-0.39, 0.29) is 6.61 Å². The van der Waals surface area contributed by atoms with Crippen molar-refractivity contribution >= 4 is 21.6 Å². The molecule has 9 nitrogen and oxygen atoms in total. The molecule has 0 bridgehead atoms. The van der Waals surface area contributed by atoms with Crippen molar-refractivity contribution in [3.05, 3.63) is 78.6 Å². The van der Waals surface area contributed by atoms with Crippen LogP contribution in [0.25, 0.3) is 32.0 Å². The van der Waals surface area contributed by atoms with Crippen molar-refractivity contribution < 1.29 is 23.8 Å². The molecule has 1 fully saturated rings.